The number of nitrogens with zero attached hydrogens (tertiary/aromatic N) is 1. The summed E-state index contributed by atoms with van der Waals surface area (Å²) < 4.78 is 51.1. The smallest absolute Gasteiger partial charge is 0.434 e. The van der Waals surface area contributed by atoms with Gasteiger partial charge in [0.05, 0.1) is 18.4 Å². The third-order valence-corrected chi connectivity index (χ3v) is 3.94. The van der Waals surface area contributed by atoms with Crippen molar-refractivity contribution in [2.75, 3.05) is 11.9 Å². The number of benzene rings is 1. The molecule has 1 aromatic heterocycles. The van der Waals surface area contributed by atoms with Crippen LogP contribution in [0.3, 0.4) is 0 Å². The van der Waals surface area contributed by atoms with Crippen LogP contribution in [-0.4, -0.2) is 29.7 Å². The van der Waals surface area contributed by atoms with Crippen molar-refractivity contribution in [2.24, 2.45) is 0 Å². The summed E-state index contributed by atoms with van der Waals surface area (Å²) in [6.07, 6.45) is -4.14. The molecule has 0 saturated heterocycles. The number of carbonyl (C=O) groups is 2. The third kappa shape index (κ3) is 3.32. The van der Waals surface area contributed by atoms with Gasteiger partial charge in [-0.3, -0.25) is 10.1 Å². The van der Waals surface area contributed by atoms with Gasteiger partial charge in [0.2, 0.25) is 11.8 Å². The molecule has 0 fully saturated rings. The van der Waals surface area contributed by atoms with Crippen LogP contribution in [0.5, 0.6) is 0 Å². The lowest BCUT2D eigenvalue weighted by molar-refractivity contribution is -0.262. The number of anilines is 1. The van der Waals surface area contributed by atoms with Crippen LogP contribution in [0.1, 0.15) is 11.5 Å². The number of halogens is 4. The molecule has 1 aliphatic heterocycles. The van der Waals surface area contributed by atoms with Crippen molar-refractivity contribution < 1.29 is 31.9 Å². The first-order chi connectivity index (χ1) is 12.2. The Labute approximate surface area is 149 Å². The lowest BCUT2D eigenvalue weighted by atomic mass is 9.89. The molecule has 0 spiro atoms. The van der Waals surface area contributed by atoms with Gasteiger partial charge in [0.25, 0.3) is 5.60 Å². The van der Waals surface area contributed by atoms with E-state index in [1.54, 1.807) is 0 Å². The molecular formula is C15H11ClF3N3O4. The molecule has 138 valence electrons. The van der Waals surface area contributed by atoms with Gasteiger partial charge >= 0.3 is 12.3 Å². The number of amides is 2. The predicted octanol–water partition coefficient (Wildman–Crippen LogP) is 3.01. The first-order valence-corrected chi connectivity index (χ1v) is 7.61. The van der Waals surface area contributed by atoms with E-state index in [9.17, 15) is 22.8 Å². The van der Waals surface area contributed by atoms with E-state index in [0.717, 1.165) is 6.07 Å². The number of nitrogens with one attached hydrogen (secondary N) is 2. The first-order valence-electron chi connectivity index (χ1n) is 7.23. The summed E-state index contributed by atoms with van der Waals surface area (Å²) in [5, 5.41) is 4.31. The van der Waals surface area contributed by atoms with Crippen LogP contribution in [0.2, 0.25) is 5.02 Å². The largest absolute Gasteiger partial charge is 0.448 e. The Morgan fingerprint density at radius 1 is 1.38 bits per heavy atom. The first kappa shape index (κ1) is 18.1. The second kappa shape index (κ2) is 6.52. The maximum Gasteiger partial charge on any atom is 0.434 e. The molecule has 0 bridgehead atoms. The van der Waals surface area contributed by atoms with Gasteiger partial charge < -0.3 is 14.5 Å². The lowest BCUT2D eigenvalue weighted by Crippen LogP contribution is -2.56. The minimum absolute atomic E-state index is 0.0169. The maximum absolute atomic E-state index is 13.9. The van der Waals surface area contributed by atoms with Crippen LogP contribution in [0.4, 0.5) is 23.7 Å². The van der Waals surface area contributed by atoms with Crippen molar-refractivity contribution in [2.45, 2.75) is 18.2 Å². The van der Waals surface area contributed by atoms with Crippen LogP contribution < -0.4 is 10.6 Å². The molecule has 0 saturated carbocycles. The van der Waals surface area contributed by atoms with Crippen molar-refractivity contribution in [3.05, 3.63) is 47.1 Å². The average molecular weight is 390 g/mol. The second-order valence-electron chi connectivity index (χ2n) is 5.41. The molecule has 1 aromatic carbocycles. The van der Waals surface area contributed by atoms with E-state index in [0.29, 0.717) is 0 Å². The summed E-state index contributed by atoms with van der Waals surface area (Å²) in [6, 6.07) is 3.59. The fourth-order valence-corrected chi connectivity index (χ4v) is 2.69. The summed E-state index contributed by atoms with van der Waals surface area (Å²) >= 11 is 5.80. The van der Waals surface area contributed by atoms with Crippen LogP contribution in [0.25, 0.3) is 0 Å². The number of cyclic esters (lactones) is 1. The van der Waals surface area contributed by atoms with E-state index < -0.39 is 35.9 Å². The molecule has 1 unspecified atom stereocenters. The van der Waals surface area contributed by atoms with Gasteiger partial charge in [-0.2, -0.15) is 13.2 Å². The molecule has 2 aromatic rings. The highest BCUT2D eigenvalue weighted by atomic mass is 35.5. The zero-order valence-electron chi connectivity index (χ0n) is 12.9. The molecule has 11 heteroatoms. The Hall–Kier alpha value is -2.75. The molecular weight excluding hydrogens is 379 g/mol. The van der Waals surface area contributed by atoms with Gasteiger partial charge in [0.15, 0.2) is 0 Å². The quantitative estimate of drug-likeness (QED) is 0.838. The van der Waals surface area contributed by atoms with E-state index in [1.165, 1.54) is 24.6 Å². The van der Waals surface area contributed by atoms with Gasteiger partial charge in [0.1, 0.15) is 12.7 Å². The molecule has 2 N–H and O–H groups in total. The standard InChI is InChI=1S/C15H11ClF3N3O4/c16-8-1-2-10-9(5-8)14(15(17,18)19,26-13(24)22-10)7-21-11(23)6-12-20-3-4-25-12/h1-5H,6-7H2,(H,21,23)(H,22,24). The topological polar surface area (TPSA) is 93.5 Å². The summed E-state index contributed by atoms with van der Waals surface area (Å²) in [7, 11) is 0. The molecule has 2 heterocycles. The minimum Gasteiger partial charge on any atom is -0.448 e. The van der Waals surface area contributed by atoms with Crippen LogP contribution in [0.15, 0.2) is 35.1 Å². The number of hydrogen-bond acceptors (Lipinski definition) is 5. The van der Waals surface area contributed by atoms with Gasteiger partial charge in [-0.05, 0) is 18.2 Å². The Bertz CT molecular complexity index is 841. The summed E-state index contributed by atoms with van der Waals surface area (Å²) in [4.78, 5) is 27.3. The molecule has 2 amide bonds. The number of oxazole rings is 1. The van der Waals surface area contributed by atoms with Gasteiger partial charge in [-0.1, -0.05) is 11.6 Å². The summed E-state index contributed by atoms with van der Waals surface area (Å²) in [6.45, 7) is -1.03. The monoisotopic (exact) mass is 389 g/mol. The molecule has 1 aliphatic rings. The van der Waals surface area contributed by atoms with E-state index in [2.05, 4.69) is 20.4 Å². The molecule has 1 atom stereocenters. The van der Waals surface area contributed by atoms with Crippen molar-refractivity contribution in [3.8, 4) is 0 Å². The number of fused-ring (bicyclic) bond motifs is 1. The minimum atomic E-state index is -5.01. The Morgan fingerprint density at radius 2 is 2.15 bits per heavy atom. The number of hydrogen-bond donors (Lipinski definition) is 2. The predicted molar refractivity (Wildman–Crippen MR) is 82.5 cm³/mol. The fraction of sp³-hybridized carbons (Fsp3) is 0.267. The van der Waals surface area contributed by atoms with Gasteiger partial charge in [0, 0.05) is 10.6 Å². The lowest BCUT2D eigenvalue weighted by Gasteiger charge is -2.39. The maximum atomic E-state index is 13.9. The second-order valence-corrected chi connectivity index (χ2v) is 5.84. The Morgan fingerprint density at radius 3 is 2.81 bits per heavy atom. The average Bonchev–Trinajstić information content (AvgIpc) is 3.05. The zero-order chi connectivity index (χ0) is 18.9. The van der Waals surface area contributed by atoms with Crippen LogP contribution in [-0.2, 0) is 21.6 Å². The van der Waals surface area contributed by atoms with Gasteiger partial charge in [-0.15, -0.1) is 0 Å². The van der Waals surface area contributed by atoms with Gasteiger partial charge in [-0.25, -0.2) is 9.78 Å². The van der Waals surface area contributed by atoms with Crippen molar-refractivity contribution >= 4 is 29.3 Å². The number of carbonyl (C=O) groups excluding carboxylic acids is 2. The SMILES string of the molecule is O=C(Cc1ncco1)NCC1(C(F)(F)F)OC(=O)Nc2ccc(Cl)cc21. The third-order valence-electron chi connectivity index (χ3n) is 3.71. The van der Waals surface area contributed by atoms with E-state index in [1.807, 2.05) is 0 Å². The molecule has 0 aliphatic carbocycles. The number of aromatic nitrogens is 1. The molecule has 26 heavy (non-hydrogen) atoms. The molecule has 7 nitrogen and oxygen atoms in total. The highest BCUT2D eigenvalue weighted by Crippen LogP contribution is 2.47. The Balaban J connectivity index is 1.92. The zero-order valence-corrected chi connectivity index (χ0v) is 13.6. The number of ether oxygens (including phenoxy) is 1. The summed E-state index contributed by atoms with van der Waals surface area (Å²) in [5.74, 6) is -0.747. The Kier molecular flexibility index (Phi) is 4.53. The highest BCUT2D eigenvalue weighted by molar-refractivity contribution is 6.30. The van der Waals surface area contributed by atoms with Crippen molar-refractivity contribution in [3.63, 3.8) is 0 Å². The van der Waals surface area contributed by atoms with Crippen molar-refractivity contribution in [1.29, 1.82) is 0 Å². The normalized spacial score (nSPS) is 19.3. The molecule has 3 rings (SSSR count). The van der Waals surface area contributed by atoms with E-state index >= 15 is 0 Å². The number of alkyl halides is 3. The van der Waals surface area contributed by atoms with Crippen LogP contribution >= 0.6 is 11.6 Å². The van der Waals surface area contributed by atoms with E-state index in [-0.39, 0.29) is 23.0 Å². The fourth-order valence-electron chi connectivity index (χ4n) is 2.51. The van der Waals surface area contributed by atoms with E-state index in [4.69, 9.17) is 16.0 Å². The molecule has 0 radical (unpaired) electrons. The van der Waals surface area contributed by atoms with Crippen molar-refractivity contribution in [1.82, 2.24) is 10.3 Å². The number of rotatable bonds is 4. The summed E-state index contributed by atoms with van der Waals surface area (Å²) in [5.41, 5.74) is -3.60. The van der Waals surface area contributed by atoms with Crippen LogP contribution in [0, 0.1) is 0 Å². The highest BCUT2D eigenvalue weighted by Gasteiger charge is 2.62.